The van der Waals surface area contributed by atoms with Gasteiger partial charge >= 0.3 is 0 Å². The standard InChI is InChI=1S/C4H8O2S.C3H8O2S.2C2H6.CH4S/c1-4(2)3-7(5)6;1-2-3-6(4)5;3*1-2/h3,7H,1-2H3;6H,2-3H2,1H3;2*1-2H3;2H,1H3/i7D;6D;;;. The summed E-state index contributed by atoms with van der Waals surface area (Å²) in [7, 11) is -7.06. The van der Waals surface area contributed by atoms with Crippen LogP contribution >= 0.6 is 12.6 Å². The molecule has 0 atom stereocenters. The number of thiol groups is 3. The molecule has 0 saturated heterocycles. The summed E-state index contributed by atoms with van der Waals surface area (Å²) in [5.41, 5.74) is 0.625. The third-order valence-electron chi connectivity index (χ3n) is 0.703. The molecule has 0 aromatic heterocycles. The highest BCUT2D eigenvalue weighted by Gasteiger charge is 1.76. The van der Waals surface area contributed by atoms with Crippen LogP contribution < -0.4 is 0 Å². The van der Waals surface area contributed by atoms with Crippen molar-refractivity contribution >= 4 is 33.8 Å². The summed E-state index contributed by atoms with van der Waals surface area (Å²) in [5.74, 6) is -0.0208. The monoisotopic (exact) mass is 338 g/mol. The molecular weight excluding hydrogens is 304 g/mol. The quantitative estimate of drug-likeness (QED) is 0.692. The second-order valence-electron chi connectivity index (χ2n) is 2.46. The molecule has 7 heteroatoms. The van der Waals surface area contributed by atoms with Gasteiger partial charge in [-0.25, -0.2) is 16.8 Å². The number of rotatable bonds is 3. The smallest absolute Gasteiger partial charge is 0.179 e. The van der Waals surface area contributed by atoms with E-state index in [9.17, 15) is 16.8 Å². The number of allylic oxidation sites excluding steroid dienone is 1. The zero-order valence-corrected chi connectivity index (χ0v) is 15.9. The molecule has 0 aromatic carbocycles. The van der Waals surface area contributed by atoms with Crippen molar-refractivity contribution in [1.29, 1.82) is 2.25 Å². The van der Waals surface area contributed by atoms with Crippen molar-refractivity contribution in [3.8, 4) is 0 Å². The zero-order valence-electron chi connectivity index (χ0n) is 15.4. The minimum atomic E-state index is -3.64. The van der Waals surface area contributed by atoms with Crippen LogP contribution in [0.2, 0.25) is 0 Å². The second-order valence-corrected chi connectivity index (χ2v) is 4.24. The van der Waals surface area contributed by atoms with Gasteiger partial charge in [0.05, 0.1) is 0 Å². The predicted molar refractivity (Wildman–Crippen MR) is 92.8 cm³/mol. The van der Waals surface area contributed by atoms with Crippen molar-refractivity contribution in [2.24, 2.45) is 0 Å². The SMILES string of the molecule is CC.CC.CS.[2H]S(=O)(=O)C=C(C)C.[2H]S(=O)(=O)CCC. The predicted octanol–water partition coefficient (Wildman–Crippen LogP) is 3.13. The summed E-state index contributed by atoms with van der Waals surface area (Å²) in [5, 5.41) is 0.910. The number of hydrogen-bond acceptors (Lipinski definition) is 5. The Morgan fingerprint density at radius 2 is 1.37 bits per heavy atom. The van der Waals surface area contributed by atoms with Crippen molar-refractivity contribution < 1.29 is 16.8 Å². The van der Waals surface area contributed by atoms with Crippen molar-refractivity contribution in [3.63, 3.8) is 0 Å². The Hall–Kier alpha value is -0.0100. The first kappa shape index (κ1) is 24.0. The average molecular weight is 339 g/mol. The zero-order chi connectivity index (χ0) is 18.7. The van der Waals surface area contributed by atoms with Gasteiger partial charge in [-0.3, -0.25) is 0 Å². The Kier molecular flexibility index (Phi) is 45.7. The van der Waals surface area contributed by atoms with Gasteiger partial charge in [0.1, 0.15) is 10.6 Å². The molecule has 0 amide bonds. The normalized spacial score (nSPS) is 9.95. The molecular formula is C12H32O4S3. The first-order valence-electron chi connectivity index (χ1n) is 6.95. The fourth-order valence-corrected chi connectivity index (χ4v) is 1.08. The third-order valence-corrected chi connectivity index (χ3v) is 2.11. The van der Waals surface area contributed by atoms with Crippen LogP contribution in [0.25, 0.3) is 0 Å². The molecule has 0 N–H and O–H groups in total. The molecule has 0 heterocycles. The summed E-state index contributed by atoms with van der Waals surface area (Å²) < 4.78 is 52.5. The molecule has 0 rings (SSSR count). The maximum Gasteiger partial charge on any atom is 0.179 e. The molecule has 0 unspecified atom stereocenters. The molecule has 0 radical (unpaired) electrons. The highest BCUT2D eigenvalue weighted by molar-refractivity contribution is 7.79. The van der Waals surface area contributed by atoms with Crippen LogP contribution in [0.3, 0.4) is 0 Å². The van der Waals surface area contributed by atoms with Gasteiger partial charge in [-0.15, -0.1) is 0 Å². The molecule has 0 aromatic rings. The Bertz CT molecular complexity index is 398. The summed E-state index contributed by atoms with van der Waals surface area (Å²) in [6.07, 6.45) is 2.23. The molecule has 0 bridgehead atoms. The molecule has 19 heavy (non-hydrogen) atoms. The van der Waals surface area contributed by atoms with E-state index in [4.69, 9.17) is 2.25 Å². The van der Waals surface area contributed by atoms with Gasteiger partial charge in [-0.2, -0.15) is 12.6 Å². The molecule has 4 nitrogen and oxygen atoms in total. The Balaban J connectivity index is -0.0000000600. The maximum atomic E-state index is 10.0. The Morgan fingerprint density at radius 3 is 1.37 bits per heavy atom. The fraction of sp³-hybridized carbons (Fsp3) is 0.833. The minimum absolute atomic E-state index is 0.0208. The van der Waals surface area contributed by atoms with E-state index < -0.39 is 21.2 Å². The van der Waals surface area contributed by atoms with Crippen molar-refractivity contribution in [1.82, 2.24) is 0 Å². The Morgan fingerprint density at radius 1 is 1.05 bits per heavy atom. The van der Waals surface area contributed by atoms with Gasteiger partial charge in [-0.1, -0.05) is 40.2 Å². The lowest BCUT2D eigenvalue weighted by molar-refractivity contribution is 0.613. The largest absolute Gasteiger partial charge is 0.232 e. The van der Waals surface area contributed by atoms with E-state index in [1.807, 2.05) is 27.7 Å². The lowest BCUT2D eigenvalue weighted by Crippen LogP contribution is -1.80. The lowest BCUT2D eigenvalue weighted by atomic mass is 10.4. The van der Waals surface area contributed by atoms with Crippen LogP contribution in [0.4, 0.5) is 0 Å². The molecule has 0 aliphatic heterocycles. The second kappa shape index (κ2) is 36.1. The van der Waals surface area contributed by atoms with Crippen LogP contribution in [0.5, 0.6) is 0 Å². The van der Waals surface area contributed by atoms with E-state index in [1.54, 1.807) is 27.0 Å². The van der Waals surface area contributed by atoms with E-state index in [0.29, 0.717) is 12.0 Å². The molecule has 0 fully saturated rings. The summed E-state index contributed by atoms with van der Waals surface area (Å²) in [6.45, 7) is 13.0. The van der Waals surface area contributed by atoms with Gasteiger partial charge in [0.2, 0.25) is 0 Å². The van der Waals surface area contributed by atoms with E-state index in [2.05, 4.69) is 12.6 Å². The van der Waals surface area contributed by atoms with E-state index >= 15 is 0 Å². The molecule has 0 spiro atoms. The molecule has 122 valence electrons. The highest BCUT2D eigenvalue weighted by atomic mass is 32.2. The van der Waals surface area contributed by atoms with Crippen LogP contribution in [0, 0.1) is 0 Å². The van der Waals surface area contributed by atoms with Crippen molar-refractivity contribution in [3.05, 3.63) is 11.0 Å². The average Bonchev–Trinajstić information content (AvgIpc) is 2.33. The van der Waals surface area contributed by atoms with Gasteiger partial charge in [0.25, 0.3) is 0 Å². The van der Waals surface area contributed by atoms with Crippen molar-refractivity contribution in [2.45, 2.75) is 54.9 Å². The minimum Gasteiger partial charge on any atom is -0.232 e. The first-order valence-corrected chi connectivity index (χ1v) is 9.41. The number of hydrogen-bond donors (Lipinski definition) is 3. The van der Waals surface area contributed by atoms with Gasteiger partial charge < -0.3 is 0 Å². The van der Waals surface area contributed by atoms with Crippen LogP contribution in [-0.4, -0.2) is 31.1 Å². The van der Waals surface area contributed by atoms with Gasteiger partial charge in [0.15, 0.2) is 12.9 Å². The summed E-state index contributed by atoms with van der Waals surface area (Å²) >= 11 is 3.53. The third kappa shape index (κ3) is 94.1. The van der Waals surface area contributed by atoms with E-state index in [0.717, 1.165) is 5.41 Å². The fourth-order valence-electron chi connectivity index (χ4n) is 0.359. The van der Waals surface area contributed by atoms with Crippen LogP contribution in [0.15, 0.2) is 11.0 Å². The molecule has 0 saturated carbocycles. The Labute approximate surface area is 131 Å². The molecule has 0 aliphatic rings. The lowest BCUT2D eigenvalue weighted by Gasteiger charge is -1.75. The highest BCUT2D eigenvalue weighted by Crippen LogP contribution is 1.85. The van der Waals surface area contributed by atoms with E-state index in [1.165, 1.54) is 0 Å². The van der Waals surface area contributed by atoms with Crippen LogP contribution in [0.1, 0.15) is 54.9 Å². The van der Waals surface area contributed by atoms with E-state index in [-0.39, 0.29) is 5.75 Å². The van der Waals surface area contributed by atoms with Gasteiger partial charge in [0, 0.05) is 11.2 Å². The molecule has 0 aliphatic carbocycles. The first-order chi connectivity index (χ1) is 9.48. The maximum absolute atomic E-state index is 10.0. The summed E-state index contributed by atoms with van der Waals surface area (Å²) in [6, 6.07) is 0. The van der Waals surface area contributed by atoms with Gasteiger partial charge in [-0.05, 0) is 26.5 Å². The topological polar surface area (TPSA) is 68.3 Å². The van der Waals surface area contributed by atoms with Crippen LogP contribution in [-0.2, 0) is 21.2 Å². The summed E-state index contributed by atoms with van der Waals surface area (Å²) in [4.78, 5) is 0. The van der Waals surface area contributed by atoms with Crippen molar-refractivity contribution in [2.75, 3.05) is 12.0 Å².